The Hall–Kier alpha value is -3.90. The van der Waals surface area contributed by atoms with Crippen molar-refractivity contribution in [3.63, 3.8) is 0 Å². The van der Waals surface area contributed by atoms with E-state index < -0.39 is 12.3 Å². The summed E-state index contributed by atoms with van der Waals surface area (Å²) in [6, 6.07) is 17.6. The summed E-state index contributed by atoms with van der Waals surface area (Å²) in [7, 11) is 0. The average molecular weight is 604 g/mol. The van der Waals surface area contributed by atoms with E-state index in [4.69, 9.17) is 14.6 Å². The number of rotatable bonds is 13. The minimum Gasteiger partial charge on any atom is -0.481 e. The monoisotopic (exact) mass is 603 g/mol. The van der Waals surface area contributed by atoms with Gasteiger partial charge in [0.1, 0.15) is 0 Å². The normalized spacial score (nSPS) is 20.8. The number of carbonyl (C=O) groups excluding carboxylic acids is 1. The van der Waals surface area contributed by atoms with Crippen LogP contribution < -0.4 is 10.2 Å². The Balaban J connectivity index is 1.19. The van der Waals surface area contributed by atoms with Crippen LogP contribution in [0.2, 0.25) is 0 Å². The quantitative estimate of drug-likeness (QED) is 0.249. The van der Waals surface area contributed by atoms with Gasteiger partial charge in [-0.25, -0.2) is 9.97 Å². The van der Waals surface area contributed by atoms with Crippen LogP contribution in [0.15, 0.2) is 67.0 Å². The Morgan fingerprint density at radius 2 is 1.52 bits per heavy atom. The van der Waals surface area contributed by atoms with Crippen LogP contribution in [0, 0.1) is 0 Å². The Labute approximate surface area is 257 Å². The number of nitrogens with zero attached hydrogens (tertiary/aromatic N) is 4. The van der Waals surface area contributed by atoms with Crippen molar-refractivity contribution in [1.29, 1.82) is 0 Å². The number of amides is 1. The fourth-order valence-corrected chi connectivity index (χ4v) is 5.55. The number of hydrogen-bond donors (Lipinski definition) is 3. The van der Waals surface area contributed by atoms with Crippen molar-refractivity contribution in [2.24, 2.45) is 0 Å². The number of aliphatic hydroxyl groups is 1. The van der Waals surface area contributed by atoms with Crippen molar-refractivity contribution in [1.82, 2.24) is 20.2 Å². The van der Waals surface area contributed by atoms with Gasteiger partial charge in [0.25, 0.3) is 0 Å². The number of aliphatic carboxylic acids is 1. The number of carboxylic acid groups (broad SMARTS) is 1. The van der Waals surface area contributed by atoms with E-state index in [0.717, 1.165) is 60.9 Å². The van der Waals surface area contributed by atoms with Crippen molar-refractivity contribution < 1.29 is 29.3 Å². The first kappa shape index (κ1) is 31.5. The van der Waals surface area contributed by atoms with Crippen LogP contribution >= 0.6 is 0 Å². The first-order chi connectivity index (χ1) is 21.5. The fourth-order valence-electron chi connectivity index (χ4n) is 5.55. The highest BCUT2D eigenvalue weighted by molar-refractivity contribution is 5.75. The van der Waals surface area contributed by atoms with E-state index >= 15 is 0 Å². The largest absolute Gasteiger partial charge is 0.481 e. The lowest BCUT2D eigenvalue weighted by Gasteiger charge is -2.40. The number of aromatic nitrogens is 2. The smallest absolute Gasteiger partial charge is 0.303 e. The Morgan fingerprint density at radius 1 is 0.864 bits per heavy atom. The van der Waals surface area contributed by atoms with Crippen molar-refractivity contribution in [3.8, 4) is 0 Å². The molecule has 1 amide bonds. The molecule has 2 aromatic carbocycles. The number of anilines is 1. The van der Waals surface area contributed by atoms with Gasteiger partial charge in [-0.3, -0.25) is 14.5 Å². The van der Waals surface area contributed by atoms with E-state index in [1.54, 1.807) is 12.4 Å². The second-order valence-corrected chi connectivity index (χ2v) is 11.3. The van der Waals surface area contributed by atoms with Crippen molar-refractivity contribution in [3.05, 3.63) is 89.2 Å². The highest BCUT2D eigenvalue weighted by atomic mass is 16.7. The Morgan fingerprint density at radius 3 is 2.20 bits per heavy atom. The lowest BCUT2D eigenvalue weighted by Crippen LogP contribution is -2.50. The van der Waals surface area contributed by atoms with Gasteiger partial charge >= 0.3 is 5.97 Å². The number of hydrogen-bond acceptors (Lipinski definition) is 9. The Kier molecular flexibility index (Phi) is 11.3. The van der Waals surface area contributed by atoms with Gasteiger partial charge in [0.15, 0.2) is 6.29 Å². The standard InChI is InChI=1S/C33H41N5O6/c39-23-25-8-10-26(11-9-25)29-20-28(22-37-16-18-38(19-17-37)33-34-14-3-15-35-33)43-32(44-29)27-12-6-24(7-13-27)21-36-30(40)4-1-2-5-31(41)42/h3,6-15,28-29,32,39H,1-2,4-5,16-23H2,(H,36,40)(H,41,42)/t28-,29+,32+/m0/s1. The third kappa shape index (κ3) is 9.06. The highest BCUT2D eigenvalue weighted by Gasteiger charge is 2.34. The van der Waals surface area contributed by atoms with Gasteiger partial charge in [-0.05, 0) is 35.6 Å². The first-order valence-electron chi connectivity index (χ1n) is 15.3. The zero-order valence-electron chi connectivity index (χ0n) is 24.9. The molecule has 0 spiro atoms. The second-order valence-electron chi connectivity index (χ2n) is 11.3. The van der Waals surface area contributed by atoms with E-state index in [-0.39, 0.29) is 31.1 Å². The summed E-state index contributed by atoms with van der Waals surface area (Å²) in [6.45, 7) is 4.65. The third-order valence-corrected chi connectivity index (χ3v) is 8.07. The molecule has 2 saturated heterocycles. The number of ether oxygens (including phenoxy) is 2. The molecule has 0 bridgehead atoms. The minimum atomic E-state index is -0.842. The predicted octanol–water partition coefficient (Wildman–Crippen LogP) is 3.60. The number of carboxylic acids is 1. The summed E-state index contributed by atoms with van der Waals surface area (Å²) in [5, 5.41) is 21.1. The van der Waals surface area contributed by atoms with Crippen LogP contribution in [0.5, 0.6) is 0 Å². The fraction of sp³-hybridized carbons (Fsp3) is 0.455. The second kappa shape index (κ2) is 15.7. The van der Waals surface area contributed by atoms with Crippen LogP contribution in [0.3, 0.4) is 0 Å². The number of piperazine rings is 1. The number of nitrogens with one attached hydrogen (secondary N) is 1. The molecule has 3 heterocycles. The zero-order chi connectivity index (χ0) is 30.7. The van der Waals surface area contributed by atoms with E-state index in [2.05, 4.69) is 25.1 Å². The third-order valence-electron chi connectivity index (χ3n) is 8.07. The molecule has 3 atom stereocenters. The number of carbonyl (C=O) groups is 2. The summed E-state index contributed by atoms with van der Waals surface area (Å²) < 4.78 is 13.0. The molecule has 11 heteroatoms. The van der Waals surface area contributed by atoms with Gasteiger partial charge in [0.05, 0.1) is 18.8 Å². The molecule has 11 nitrogen and oxygen atoms in total. The van der Waals surface area contributed by atoms with Gasteiger partial charge < -0.3 is 29.9 Å². The molecule has 234 valence electrons. The number of unbranched alkanes of at least 4 members (excludes halogenated alkanes) is 1. The predicted molar refractivity (Wildman–Crippen MR) is 163 cm³/mol. The molecule has 2 aliphatic rings. The lowest BCUT2D eigenvalue weighted by molar-refractivity contribution is -0.253. The minimum absolute atomic E-state index is 0.00229. The van der Waals surface area contributed by atoms with E-state index in [0.29, 0.717) is 32.2 Å². The van der Waals surface area contributed by atoms with Gasteiger partial charge in [-0.1, -0.05) is 48.5 Å². The summed E-state index contributed by atoms with van der Waals surface area (Å²) in [5.74, 6) is -0.168. The molecule has 44 heavy (non-hydrogen) atoms. The molecule has 3 N–H and O–H groups in total. The summed E-state index contributed by atoms with van der Waals surface area (Å²) in [5.41, 5.74) is 3.77. The lowest BCUT2D eigenvalue weighted by atomic mass is 9.99. The molecular weight excluding hydrogens is 562 g/mol. The molecule has 0 saturated carbocycles. The van der Waals surface area contributed by atoms with Crippen LogP contribution in [0.1, 0.15) is 66.8 Å². The number of aliphatic hydroxyl groups excluding tert-OH is 1. The molecule has 0 radical (unpaired) electrons. The van der Waals surface area contributed by atoms with Gasteiger partial charge in [-0.15, -0.1) is 0 Å². The maximum atomic E-state index is 12.2. The zero-order valence-corrected chi connectivity index (χ0v) is 24.9. The SMILES string of the molecule is O=C(O)CCCCC(=O)NCc1ccc([C@@H]2O[C@H](CN3CCN(c4ncccn4)CC3)C[C@H](c3ccc(CO)cc3)O2)cc1. The van der Waals surface area contributed by atoms with Crippen molar-refractivity contribution in [2.75, 3.05) is 37.6 Å². The summed E-state index contributed by atoms with van der Waals surface area (Å²) in [4.78, 5) is 36.2. The summed E-state index contributed by atoms with van der Waals surface area (Å²) in [6.07, 6.45) is 4.94. The molecular formula is C33H41N5O6. The molecule has 0 unspecified atom stereocenters. The van der Waals surface area contributed by atoms with E-state index in [1.165, 1.54) is 0 Å². The first-order valence-corrected chi connectivity index (χ1v) is 15.3. The highest BCUT2D eigenvalue weighted by Crippen LogP contribution is 2.38. The average Bonchev–Trinajstić information content (AvgIpc) is 3.06. The molecule has 1 aromatic heterocycles. The molecule has 0 aliphatic carbocycles. The summed E-state index contributed by atoms with van der Waals surface area (Å²) >= 11 is 0. The van der Waals surface area contributed by atoms with Gasteiger partial charge in [-0.2, -0.15) is 0 Å². The van der Waals surface area contributed by atoms with E-state index in [1.807, 2.05) is 54.6 Å². The van der Waals surface area contributed by atoms with Crippen LogP contribution in [0.4, 0.5) is 5.95 Å². The maximum Gasteiger partial charge on any atom is 0.303 e. The molecule has 2 aliphatic heterocycles. The van der Waals surface area contributed by atoms with E-state index in [9.17, 15) is 14.7 Å². The van der Waals surface area contributed by atoms with Crippen LogP contribution in [-0.2, 0) is 32.2 Å². The maximum absolute atomic E-state index is 12.2. The van der Waals surface area contributed by atoms with Crippen LogP contribution in [0.25, 0.3) is 0 Å². The molecule has 5 rings (SSSR count). The Bertz CT molecular complexity index is 1330. The van der Waals surface area contributed by atoms with Gasteiger partial charge in [0, 0.05) is 76.5 Å². The van der Waals surface area contributed by atoms with Crippen molar-refractivity contribution in [2.45, 2.75) is 63.8 Å². The molecule has 3 aromatic rings. The number of benzene rings is 2. The van der Waals surface area contributed by atoms with Crippen molar-refractivity contribution >= 4 is 17.8 Å². The topological polar surface area (TPSA) is 137 Å². The van der Waals surface area contributed by atoms with Gasteiger partial charge in [0.2, 0.25) is 11.9 Å². The van der Waals surface area contributed by atoms with Crippen LogP contribution in [-0.4, -0.2) is 75.8 Å². The molecule has 2 fully saturated rings.